The zero-order valence-corrected chi connectivity index (χ0v) is 15.3. The molecule has 0 spiro atoms. The second kappa shape index (κ2) is 7.91. The number of fused-ring (bicyclic) bond motifs is 1. The van der Waals surface area contributed by atoms with Gasteiger partial charge in [0.25, 0.3) is 5.91 Å². The van der Waals surface area contributed by atoms with Crippen LogP contribution in [0.5, 0.6) is 5.75 Å². The van der Waals surface area contributed by atoms with Crippen LogP contribution < -0.4 is 4.74 Å². The molecular formula is C22H21NO4. The van der Waals surface area contributed by atoms with Crippen LogP contribution in [0.4, 0.5) is 0 Å². The van der Waals surface area contributed by atoms with Gasteiger partial charge in [-0.05, 0) is 55.8 Å². The molecule has 1 aromatic heterocycles. The van der Waals surface area contributed by atoms with Gasteiger partial charge in [0.2, 0.25) is 0 Å². The van der Waals surface area contributed by atoms with Gasteiger partial charge in [-0.3, -0.25) is 14.2 Å². The highest BCUT2D eigenvalue weighted by atomic mass is 16.5. The molecule has 3 aromatic rings. The molecule has 27 heavy (non-hydrogen) atoms. The first-order chi connectivity index (χ1) is 13.0. The van der Waals surface area contributed by atoms with Crippen molar-refractivity contribution in [3.8, 4) is 5.75 Å². The van der Waals surface area contributed by atoms with Gasteiger partial charge in [-0.2, -0.15) is 0 Å². The summed E-state index contributed by atoms with van der Waals surface area (Å²) in [6.07, 6.45) is 3.74. The van der Waals surface area contributed by atoms with Gasteiger partial charge in [0.05, 0.1) is 11.9 Å². The van der Waals surface area contributed by atoms with Gasteiger partial charge in [-0.15, -0.1) is 0 Å². The van der Waals surface area contributed by atoms with Gasteiger partial charge in [-0.1, -0.05) is 24.3 Å². The number of carboxylic acids is 1. The molecular weight excluding hydrogens is 342 g/mol. The van der Waals surface area contributed by atoms with Crippen LogP contribution in [-0.4, -0.2) is 28.2 Å². The lowest BCUT2D eigenvalue weighted by atomic mass is 10.1. The molecule has 5 heteroatoms. The maximum absolute atomic E-state index is 13.0. The second-order valence-electron chi connectivity index (χ2n) is 6.25. The van der Waals surface area contributed by atoms with Crippen molar-refractivity contribution in [2.24, 2.45) is 0 Å². The Morgan fingerprint density at radius 2 is 1.89 bits per heavy atom. The van der Waals surface area contributed by atoms with E-state index in [1.165, 1.54) is 0 Å². The minimum absolute atomic E-state index is 0.0762. The van der Waals surface area contributed by atoms with Gasteiger partial charge in [0.15, 0.2) is 0 Å². The third-order valence-electron chi connectivity index (χ3n) is 4.35. The summed E-state index contributed by atoms with van der Waals surface area (Å²) in [6.45, 7) is 4.26. The fourth-order valence-corrected chi connectivity index (χ4v) is 3.07. The van der Waals surface area contributed by atoms with E-state index >= 15 is 0 Å². The lowest BCUT2D eigenvalue weighted by Crippen LogP contribution is -2.13. The molecule has 0 aliphatic carbocycles. The fourth-order valence-electron chi connectivity index (χ4n) is 3.07. The summed E-state index contributed by atoms with van der Waals surface area (Å²) in [5.41, 5.74) is 2.71. The number of nitrogens with zero attached hydrogens (tertiary/aromatic N) is 1. The quantitative estimate of drug-likeness (QED) is 0.666. The number of carbonyl (C=O) groups is 2. The molecule has 1 N–H and O–H groups in total. The van der Waals surface area contributed by atoms with Gasteiger partial charge in [-0.25, -0.2) is 0 Å². The largest absolute Gasteiger partial charge is 0.490 e. The first-order valence-electron chi connectivity index (χ1n) is 8.71. The highest BCUT2D eigenvalue weighted by Crippen LogP contribution is 2.25. The molecule has 0 saturated heterocycles. The predicted octanol–water partition coefficient (Wildman–Crippen LogP) is 4.22. The Balaban J connectivity index is 1.94. The lowest BCUT2D eigenvalue weighted by molar-refractivity contribution is -0.136. The number of ether oxygens (including phenoxy) is 1. The Hall–Kier alpha value is -3.34. The molecule has 0 radical (unpaired) electrons. The first-order valence-corrected chi connectivity index (χ1v) is 8.71. The average molecular weight is 363 g/mol. The highest BCUT2D eigenvalue weighted by molar-refractivity contribution is 6.04. The van der Waals surface area contributed by atoms with Crippen molar-refractivity contribution in [3.05, 3.63) is 77.5 Å². The van der Waals surface area contributed by atoms with Gasteiger partial charge in [0.1, 0.15) is 12.4 Å². The van der Waals surface area contributed by atoms with Crippen molar-refractivity contribution in [2.45, 2.75) is 20.3 Å². The average Bonchev–Trinajstić information content (AvgIpc) is 2.98. The van der Waals surface area contributed by atoms with Crippen molar-refractivity contribution in [2.75, 3.05) is 6.61 Å². The Bertz CT molecular complexity index is 1010. The lowest BCUT2D eigenvalue weighted by Gasteiger charge is -2.09. The van der Waals surface area contributed by atoms with E-state index < -0.39 is 5.97 Å². The van der Waals surface area contributed by atoms with Crippen LogP contribution in [0.2, 0.25) is 0 Å². The van der Waals surface area contributed by atoms with E-state index in [0.29, 0.717) is 29.0 Å². The third kappa shape index (κ3) is 3.92. The number of allylic oxidation sites excluding steroid dienone is 1. The van der Waals surface area contributed by atoms with Crippen LogP contribution in [0.1, 0.15) is 28.5 Å². The van der Waals surface area contributed by atoms with Crippen molar-refractivity contribution >= 4 is 22.8 Å². The van der Waals surface area contributed by atoms with Crippen molar-refractivity contribution in [3.63, 3.8) is 0 Å². The van der Waals surface area contributed by atoms with E-state index in [0.717, 1.165) is 11.1 Å². The van der Waals surface area contributed by atoms with E-state index in [1.54, 1.807) is 41.0 Å². The van der Waals surface area contributed by atoms with Gasteiger partial charge < -0.3 is 9.84 Å². The summed E-state index contributed by atoms with van der Waals surface area (Å²) in [5.74, 6) is -0.356. The van der Waals surface area contributed by atoms with Gasteiger partial charge in [0, 0.05) is 16.6 Å². The van der Waals surface area contributed by atoms with Gasteiger partial charge >= 0.3 is 5.97 Å². The number of benzene rings is 2. The molecule has 0 saturated carbocycles. The number of aliphatic carboxylic acids is 1. The van der Waals surface area contributed by atoms with E-state index in [4.69, 9.17) is 9.84 Å². The smallest absolute Gasteiger partial charge is 0.307 e. The van der Waals surface area contributed by atoms with Crippen LogP contribution in [0, 0.1) is 6.92 Å². The number of hydrogen-bond acceptors (Lipinski definition) is 3. The molecule has 0 bridgehead atoms. The molecule has 1 heterocycles. The van der Waals surface area contributed by atoms with Crippen LogP contribution in [0.15, 0.2) is 60.7 Å². The first kappa shape index (κ1) is 18.5. The van der Waals surface area contributed by atoms with Crippen molar-refractivity contribution in [1.82, 2.24) is 4.57 Å². The molecule has 2 aromatic carbocycles. The summed E-state index contributed by atoms with van der Waals surface area (Å²) in [5, 5.41) is 9.89. The molecule has 0 unspecified atom stereocenters. The standard InChI is InChI=1S/C22H21NO4/c1-3-4-12-27-18-10-8-16(9-11-18)22(26)23-15(2)13-19-17(14-21(24)25)6-5-7-20(19)23/h3-11,13H,12,14H2,1-2H3,(H,24,25). The van der Waals surface area contributed by atoms with E-state index in [2.05, 4.69) is 0 Å². The summed E-state index contributed by atoms with van der Waals surface area (Å²) >= 11 is 0. The monoisotopic (exact) mass is 363 g/mol. The SMILES string of the molecule is CC=CCOc1ccc(C(=O)n2c(C)cc3c(CC(=O)O)cccc32)cc1. The number of carbonyl (C=O) groups excluding carboxylic acids is 1. The Labute approximate surface area is 157 Å². The van der Waals surface area contributed by atoms with Crippen LogP contribution in [-0.2, 0) is 11.2 Å². The number of carboxylic acid groups (broad SMARTS) is 1. The van der Waals surface area contributed by atoms with Crippen molar-refractivity contribution < 1.29 is 19.4 Å². The van der Waals surface area contributed by atoms with Crippen LogP contribution in [0.25, 0.3) is 10.9 Å². The van der Waals surface area contributed by atoms with E-state index in [9.17, 15) is 9.59 Å². The second-order valence-corrected chi connectivity index (χ2v) is 6.25. The van der Waals surface area contributed by atoms with E-state index in [1.807, 2.05) is 38.1 Å². The Morgan fingerprint density at radius 1 is 1.15 bits per heavy atom. The summed E-state index contributed by atoms with van der Waals surface area (Å²) in [7, 11) is 0. The zero-order chi connectivity index (χ0) is 19.4. The zero-order valence-electron chi connectivity index (χ0n) is 15.3. The summed E-state index contributed by atoms with van der Waals surface area (Å²) < 4.78 is 7.18. The summed E-state index contributed by atoms with van der Waals surface area (Å²) in [6, 6.07) is 14.3. The Kier molecular flexibility index (Phi) is 5.41. The molecule has 138 valence electrons. The molecule has 0 atom stereocenters. The molecule has 0 aliphatic heterocycles. The maximum atomic E-state index is 13.0. The molecule has 0 aliphatic rings. The van der Waals surface area contributed by atoms with Crippen LogP contribution in [0.3, 0.4) is 0 Å². The number of aromatic nitrogens is 1. The number of aryl methyl sites for hydroxylation is 1. The summed E-state index contributed by atoms with van der Waals surface area (Å²) in [4.78, 5) is 24.1. The highest BCUT2D eigenvalue weighted by Gasteiger charge is 2.17. The predicted molar refractivity (Wildman–Crippen MR) is 104 cm³/mol. The minimum atomic E-state index is -0.896. The number of rotatable bonds is 6. The van der Waals surface area contributed by atoms with E-state index in [-0.39, 0.29) is 12.3 Å². The topological polar surface area (TPSA) is 68.5 Å². The molecule has 0 fully saturated rings. The minimum Gasteiger partial charge on any atom is -0.490 e. The maximum Gasteiger partial charge on any atom is 0.307 e. The third-order valence-corrected chi connectivity index (χ3v) is 4.35. The normalized spacial score (nSPS) is 11.2. The molecule has 5 nitrogen and oxygen atoms in total. The molecule has 3 rings (SSSR count). The molecule has 0 amide bonds. The van der Waals surface area contributed by atoms with Crippen molar-refractivity contribution in [1.29, 1.82) is 0 Å². The Morgan fingerprint density at radius 3 is 2.56 bits per heavy atom. The van der Waals surface area contributed by atoms with Crippen LogP contribution >= 0.6 is 0 Å². The number of hydrogen-bond donors (Lipinski definition) is 1. The fraction of sp³-hybridized carbons (Fsp3) is 0.182.